The van der Waals surface area contributed by atoms with Crippen molar-refractivity contribution >= 4 is 82.8 Å². The summed E-state index contributed by atoms with van der Waals surface area (Å²) in [7, 11) is 2.38. The molecule has 7 aromatic rings. The first-order chi connectivity index (χ1) is 46.4. The Morgan fingerprint density at radius 1 is 0.406 bits per heavy atom. The number of nitrogens with one attached hydrogen (secondary N) is 6. The predicted molar refractivity (Wildman–Crippen MR) is 356 cm³/mol. The summed E-state index contributed by atoms with van der Waals surface area (Å²) >= 11 is 12.2. The summed E-state index contributed by atoms with van der Waals surface area (Å²) in [4.78, 5) is 139. The molecule has 498 valence electrons. The third-order valence-corrected chi connectivity index (χ3v) is 16.7. The first-order valence-corrected chi connectivity index (χ1v) is 31.9. The van der Waals surface area contributed by atoms with E-state index >= 15 is 0 Å². The largest absolute Gasteiger partial charge is 0.467 e. The normalized spacial score (nSPS) is 12.6. The van der Waals surface area contributed by atoms with Crippen molar-refractivity contribution in [3.05, 3.63) is 246 Å². The molecule has 8 amide bonds. The average Bonchev–Trinajstić information content (AvgIpc) is 1.57. The van der Waals surface area contributed by atoms with Crippen molar-refractivity contribution in [3.8, 4) is 0 Å². The maximum absolute atomic E-state index is 14.5. The van der Waals surface area contributed by atoms with Crippen LogP contribution in [0.3, 0.4) is 0 Å². The quantitative estimate of drug-likeness (QED) is 0.0151. The Balaban J connectivity index is 0.855. The maximum Gasteiger partial charge on any atom is 0.408 e. The van der Waals surface area contributed by atoms with Crippen LogP contribution in [-0.4, -0.2) is 122 Å². The van der Waals surface area contributed by atoms with Crippen LogP contribution in [0.4, 0.5) is 9.59 Å². The summed E-state index contributed by atoms with van der Waals surface area (Å²) < 4.78 is 20.4. The van der Waals surface area contributed by atoms with Crippen molar-refractivity contribution in [1.82, 2.24) is 41.7 Å². The van der Waals surface area contributed by atoms with Crippen LogP contribution in [0.15, 0.2) is 158 Å². The topological polar surface area (TPSA) is 286 Å². The molecule has 22 nitrogen and oxygen atoms in total. The molecule has 0 saturated carbocycles. The average molecular weight is 1340 g/mol. The highest BCUT2D eigenvalue weighted by Gasteiger charge is 2.33. The number of halogens is 2. The van der Waals surface area contributed by atoms with Crippen LogP contribution in [0.1, 0.15) is 132 Å². The van der Waals surface area contributed by atoms with Crippen molar-refractivity contribution < 1.29 is 66.9 Å². The lowest BCUT2D eigenvalue weighted by Crippen LogP contribution is -2.42. The van der Waals surface area contributed by atoms with Crippen molar-refractivity contribution in [2.45, 2.75) is 90.0 Å². The van der Waals surface area contributed by atoms with Crippen LogP contribution >= 0.6 is 23.2 Å². The molecule has 96 heavy (non-hydrogen) atoms. The highest BCUT2D eigenvalue weighted by Crippen LogP contribution is 2.31. The molecular formula is C72H72Cl2N8O14. The van der Waals surface area contributed by atoms with Crippen LogP contribution < -0.4 is 31.9 Å². The molecule has 0 unspecified atom stereocenters. The zero-order valence-corrected chi connectivity index (χ0v) is 54.4. The van der Waals surface area contributed by atoms with E-state index in [1.54, 1.807) is 125 Å². The Morgan fingerprint density at radius 3 is 1.07 bits per heavy atom. The first kappa shape index (κ1) is 69.8. The van der Waals surface area contributed by atoms with Gasteiger partial charge in [0.15, 0.2) is 0 Å². The number of esters is 2. The van der Waals surface area contributed by atoms with Gasteiger partial charge in [-0.15, -0.1) is 0 Å². The van der Waals surface area contributed by atoms with E-state index in [1.807, 2.05) is 36.4 Å². The van der Waals surface area contributed by atoms with Gasteiger partial charge in [0.05, 0.1) is 36.5 Å². The van der Waals surface area contributed by atoms with E-state index in [-0.39, 0.29) is 125 Å². The number of alkyl carbamates (subject to hydrolysis) is 2. The predicted octanol–water partition coefficient (Wildman–Crippen LogP) is 9.21. The van der Waals surface area contributed by atoms with Crippen LogP contribution in [0.2, 0.25) is 10.0 Å². The van der Waals surface area contributed by atoms with Gasteiger partial charge in [-0.2, -0.15) is 0 Å². The van der Waals surface area contributed by atoms with Gasteiger partial charge in [-0.05, 0) is 150 Å². The molecule has 6 N–H and O–H groups in total. The second-order valence-corrected chi connectivity index (χ2v) is 23.7. The standard InChI is InChI=1S/C72H72Cl2N8O14/c1-93-69(89)61(79-71(91)95-43-47-12-5-3-6-13-47)18-10-30-75-63(83)57-35-51-39-81(41-53(51)37-59(57)65(85)77-32-28-45-20-24-55(73)25-21-45)67(87)49-16-9-17-50(34-49)68(88)82-40-52-36-58(60(38-54(52)42-82)66(86)78-33-29-46-22-26-56(74)27-23-46)64(84)76-31-11-19-62(70(90)94-2)80-72(92)96-44-48-14-7-4-8-15-48/h3-9,12-17,20-27,34-38,61-62H,10-11,18-19,28-33,39-44H2,1-2H3,(H,75,83)(H,76,84)(H,77,85)(H,78,86)(H,79,91)(H,80,92)/t61-,62-/m0/s1. The van der Waals surface area contributed by atoms with Crippen molar-refractivity contribution in [2.24, 2.45) is 0 Å². The Kier molecular flexibility index (Phi) is 24.7. The second-order valence-electron chi connectivity index (χ2n) is 22.9. The number of benzene rings is 7. The Labute approximate surface area is 564 Å². The second kappa shape index (κ2) is 34.0. The fourth-order valence-corrected chi connectivity index (χ4v) is 11.3. The first-order valence-electron chi connectivity index (χ1n) is 31.2. The number of carbonyl (C=O) groups is 10. The molecule has 9 rings (SSSR count). The molecule has 2 atom stereocenters. The van der Waals surface area contributed by atoms with Gasteiger partial charge in [-0.1, -0.05) is 114 Å². The highest BCUT2D eigenvalue weighted by molar-refractivity contribution is 6.30. The summed E-state index contributed by atoms with van der Waals surface area (Å²) in [5.74, 6) is -4.52. The summed E-state index contributed by atoms with van der Waals surface area (Å²) in [5.41, 5.74) is 6.42. The van der Waals surface area contributed by atoms with Gasteiger partial charge in [0.2, 0.25) is 0 Å². The monoisotopic (exact) mass is 1340 g/mol. The van der Waals surface area contributed by atoms with Gasteiger partial charge in [0, 0.05) is 73.5 Å². The molecule has 24 heteroatoms. The summed E-state index contributed by atoms with van der Waals surface area (Å²) in [6, 6.07) is 42.8. The van der Waals surface area contributed by atoms with Gasteiger partial charge in [-0.3, -0.25) is 28.8 Å². The van der Waals surface area contributed by atoms with E-state index in [9.17, 15) is 47.9 Å². The summed E-state index contributed by atoms with van der Waals surface area (Å²) in [5, 5.41) is 17.7. The van der Waals surface area contributed by atoms with Gasteiger partial charge in [-0.25, -0.2) is 19.2 Å². The molecule has 2 aliphatic heterocycles. The van der Waals surface area contributed by atoms with E-state index in [1.165, 1.54) is 20.3 Å². The molecule has 0 aliphatic carbocycles. The molecule has 0 aromatic heterocycles. The maximum atomic E-state index is 14.5. The lowest BCUT2D eigenvalue weighted by atomic mass is 9.98. The molecule has 0 radical (unpaired) electrons. The van der Waals surface area contributed by atoms with E-state index in [2.05, 4.69) is 31.9 Å². The number of amides is 8. The van der Waals surface area contributed by atoms with E-state index in [4.69, 9.17) is 42.1 Å². The molecule has 0 fully saturated rings. The smallest absolute Gasteiger partial charge is 0.408 e. The minimum absolute atomic E-state index is 0.0214. The Hall–Kier alpha value is -10.6. The lowest BCUT2D eigenvalue weighted by molar-refractivity contribution is -0.144. The minimum atomic E-state index is -1.09. The number of nitrogens with zero attached hydrogens (tertiary/aromatic N) is 2. The molecule has 0 spiro atoms. The van der Waals surface area contributed by atoms with E-state index in [0.717, 1.165) is 22.3 Å². The molecule has 0 saturated heterocycles. The number of hydrogen-bond acceptors (Lipinski definition) is 14. The molecule has 2 heterocycles. The van der Waals surface area contributed by atoms with E-state index in [0.29, 0.717) is 45.1 Å². The fourth-order valence-electron chi connectivity index (χ4n) is 11.0. The van der Waals surface area contributed by atoms with Gasteiger partial charge in [0.1, 0.15) is 25.3 Å². The molecule has 0 bridgehead atoms. The minimum Gasteiger partial charge on any atom is -0.467 e. The summed E-state index contributed by atoms with van der Waals surface area (Å²) in [6.07, 6.45) is -0.155. The van der Waals surface area contributed by atoms with Crippen molar-refractivity contribution in [1.29, 1.82) is 0 Å². The SMILES string of the molecule is COC(=O)[C@H](CCCNC(=O)c1cc2c(cc1C(=O)NCCc1ccc(Cl)cc1)CN(C(=O)c1cccc(C(=O)N3Cc4cc(C(=O)NCCC[C@H](NC(=O)OCc5ccccc5)C(=O)OC)c(C(=O)NCCc5ccc(Cl)cc5)cc4C3)c1)C2)NC(=O)OCc1ccccc1. The third kappa shape index (κ3) is 19.3. The molecular weight excluding hydrogens is 1270 g/mol. The van der Waals surface area contributed by atoms with Gasteiger partial charge in [0.25, 0.3) is 35.4 Å². The summed E-state index contributed by atoms with van der Waals surface area (Å²) in [6.45, 7) is 0.736. The molecule has 7 aromatic carbocycles. The lowest BCUT2D eigenvalue weighted by Gasteiger charge is -2.18. The van der Waals surface area contributed by atoms with Crippen LogP contribution in [0, 0.1) is 0 Å². The third-order valence-electron chi connectivity index (χ3n) is 16.2. The number of ether oxygens (including phenoxy) is 4. The number of rotatable bonds is 28. The Morgan fingerprint density at radius 2 is 0.740 bits per heavy atom. The van der Waals surface area contributed by atoms with Crippen LogP contribution in [0.25, 0.3) is 0 Å². The highest BCUT2D eigenvalue weighted by atomic mass is 35.5. The van der Waals surface area contributed by atoms with Crippen LogP contribution in [-0.2, 0) is 80.8 Å². The van der Waals surface area contributed by atoms with Crippen LogP contribution in [0.5, 0.6) is 0 Å². The fraction of sp³-hybridized carbons (Fsp3) is 0.278. The Bertz CT molecular complexity index is 3740. The van der Waals surface area contributed by atoms with Gasteiger partial charge >= 0.3 is 24.1 Å². The van der Waals surface area contributed by atoms with E-state index < -0.39 is 71.7 Å². The zero-order valence-electron chi connectivity index (χ0n) is 52.8. The number of fused-ring (bicyclic) bond motifs is 2. The van der Waals surface area contributed by atoms with Gasteiger partial charge < -0.3 is 60.6 Å². The zero-order chi connectivity index (χ0) is 68.1. The number of carbonyl (C=O) groups excluding carboxylic acids is 10. The number of hydrogen-bond donors (Lipinski definition) is 6. The van der Waals surface area contributed by atoms with Crippen molar-refractivity contribution in [2.75, 3.05) is 40.4 Å². The number of methoxy groups -OCH3 is 2. The molecule has 2 aliphatic rings. The van der Waals surface area contributed by atoms with Crippen molar-refractivity contribution in [3.63, 3.8) is 0 Å².